The van der Waals surface area contributed by atoms with Crippen LogP contribution >= 0.6 is 0 Å². The maximum atomic E-state index is 14.3. The van der Waals surface area contributed by atoms with Gasteiger partial charge in [-0.05, 0) is 86.7 Å². The number of halogens is 1. The van der Waals surface area contributed by atoms with E-state index in [-0.39, 0.29) is 35.6 Å². The molecule has 0 aliphatic heterocycles. The Morgan fingerprint density at radius 3 is 2.05 bits per heavy atom. The molecular weight excluding hydrogens is 585 g/mol. The zero-order chi connectivity index (χ0) is 32.6. The van der Waals surface area contributed by atoms with Crippen LogP contribution in [-0.2, 0) is 26.2 Å². The van der Waals surface area contributed by atoms with Crippen molar-refractivity contribution < 1.29 is 31.9 Å². The van der Waals surface area contributed by atoms with E-state index < -0.39 is 34.3 Å². The molecule has 44 heavy (non-hydrogen) atoms. The molecule has 3 aromatic carbocycles. The molecule has 0 spiro atoms. The number of sulfonamides is 1. The van der Waals surface area contributed by atoms with Gasteiger partial charge in [-0.1, -0.05) is 32.0 Å². The summed E-state index contributed by atoms with van der Waals surface area (Å²) in [5.74, 6) is -0.813. The molecule has 2 amide bonds. The topological polar surface area (TPSA) is 105 Å². The van der Waals surface area contributed by atoms with Crippen LogP contribution in [0.15, 0.2) is 65.6 Å². The van der Waals surface area contributed by atoms with Crippen LogP contribution in [0.3, 0.4) is 0 Å². The summed E-state index contributed by atoms with van der Waals surface area (Å²) in [4.78, 5) is 28.9. The summed E-state index contributed by atoms with van der Waals surface area (Å²) in [7, 11) is -1.47. The fraction of sp³-hybridized carbons (Fsp3) is 0.394. The highest BCUT2D eigenvalue weighted by atomic mass is 32.2. The molecule has 2 atom stereocenters. The van der Waals surface area contributed by atoms with Gasteiger partial charge in [-0.25, -0.2) is 12.8 Å². The standard InChI is InChI=1S/C33H42FN3O6S/c1-8-24(5)35-33(39)29(9-2)36(20-25-10-12-26(34)13-11-25)32(38)21-37(27-17-22(3)16-23(4)18-27)44(40,41)28-14-15-30(42-6)31(19-28)43-7/h10-19,24,29H,8-9,20-21H2,1-7H3,(H,35,39). The SMILES string of the molecule is CCC(C)NC(=O)C(CC)N(Cc1ccc(F)cc1)C(=O)CN(c1cc(C)cc(C)c1)S(=O)(=O)c1ccc(OC)c(OC)c1. The number of benzene rings is 3. The van der Waals surface area contributed by atoms with Gasteiger partial charge >= 0.3 is 0 Å². The number of nitrogens with one attached hydrogen (secondary N) is 1. The first kappa shape index (κ1) is 34.4. The third kappa shape index (κ3) is 8.28. The van der Waals surface area contributed by atoms with Crippen LogP contribution in [0.2, 0.25) is 0 Å². The van der Waals surface area contributed by atoms with Gasteiger partial charge in [0.2, 0.25) is 11.8 Å². The quantitative estimate of drug-likeness (QED) is 0.258. The van der Waals surface area contributed by atoms with E-state index in [0.29, 0.717) is 23.4 Å². The van der Waals surface area contributed by atoms with Crippen molar-refractivity contribution in [1.82, 2.24) is 10.2 Å². The fourth-order valence-corrected chi connectivity index (χ4v) is 6.29. The zero-order valence-electron chi connectivity index (χ0n) is 26.4. The number of carbonyl (C=O) groups excluding carboxylic acids is 2. The molecule has 11 heteroatoms. The van der Waals surface area contributed by atoms with Crippen molar-refractivity contribution in [2.45, 2.75) is 71.0 Å². The molecule has 1 N–H and O–H groups in total. The van der Waals surface area contributed by atoms with Gasteiger partial charge < -0.3 is 19.7 Å². The predicted molar refractivity (Wildman–Crippen MR) is 169 cm³/mol. The van der Waals surface area contributed by atoms with Crippen molar-refractivity contribution in [2.75, 3.05) is 25.1 Å². The van der Waals surface area contributed by atoms with E-state index in [0.717, 1.165) is 15.4 Å². The first-order chi connectivity index (χ1) is 20.8. The van der Waals surface area contributed by atoms with E-state index in [1.54, 1.807) is 19.1 Å². The van der Waals surface area contributed by atoms with Gasteiger partial charge in [0.15, 0.2) is 11.5 Å². The molecule has 0 radical (unpaired) electrons. The number of hydrogen-bond acceptors (Lipinski definition) is 6. The van der Waals surface area contributed by atoms with Crippen LogP contribution in [0.4, 0.5) is 10.1 Å². The molecule has 0 saturated heterocycles. The van der Waals surface area contributed by atoms with Crippen LogP contribution in [0.5, 0.6) is 11.5 Å². The Morgan fingerprint density at radius 2 is 1.50 bits per heavy atom. The highest BCUT2D eigenvalue weighted by Crippen LogP contribution is 2.33. The lowest BCUT2D eigenvalue weighted by Gasteiger charge is -2.34. The predicted octanol–water partition coefficient (Wildman–Crippen LogP) is 5.38. The third-order valence-corrected chi connectivity index (χ3v) is 9.14. The highest BCUT2D eigenvalue weighted by molar-refractivity contribution is 7.92. The van der Waals surface area contributed by atoms with Gasteiger partial charge in [0.05, 0.1) is 24.8 Å². The first-order valence-electron chi connectivity index (χ1n) is 14.5. The number of hydrogen-bond donors (Lipinski definition) is 1. The summed E-state index contributed by atoms with van der Waals surface area (Å²) in [6.45, 7) is 8.66. The summed E-state index contributed by atoms with van der Waals surface area (Å²) in [5, 5.41) is 2.94. The van der Waals surface area contributed by atoms with E-state index in [9.17, 15) is 22.4 Å². The lowest BCUT2D eigenvalue weighted by atomic mass is 10.1. The molecule has 3 rings (SSSR count). The minimum Gasteiger partial charge on any atom is -0.493 e. The second-order valence-electron chi connectivity index (χ2n) is 10.8. The Balaban J connectivity index is 2.13. The van der Waals surface area contributed by atoms with E-state index in [1.165, 1.54) is 61.6 Å². The minimum atomic E-state index is -4.33. The van der Waals surface area contributed by atoms with Crippen LogP contribution < -0.4 is 19.1 Å². The summed E-state index contributed by atoms with van der Waals surface area (Å²) in [5.41, 5.74) is 2.50. The number of carbonyl (C=O) groups is 2. The van der Waals surface area contributed by atoms with Crippen LogP contribution in [0.1, 0.15) is 50.3 Å². The van der Waals surface area contributed by atoms with Gasteiger partial charge in [-0.15, -0.1) is 0 Å². The fourth-order valence-electron chi connectivity index (χ4n) is 4.87. The van der Waals surface area contributed by atoms with Crippen LogP contribution in [-0.4, -0.2) is 58.0 Å². The van der Waals surface area contributed by atoms with Gasteiger partial charge in [0.25, 0.3) is 10.0 Å². The van der Waals surface area contributed by atoms with Gasteiger partial charge in [-0.3, -0.25) is 13.9 Å². The smallest absolute Gasteiger partial charge is 0.264 e. The maximum absolute atomic E-state index is 14.3. The Bertz CT molecular complexity index is 1540. The first-order valence-corrected chi connectivity index (χ1v) is 16.0. The van der Waals surface area contributed by atoms with Crippen molar-refractivity contribution in [1.29, 1.82) is 0 Å². The van der Waals surface area contributed by atoms with E-state index in [4.69, 9.17) is 9.47 Å². The van der Waals surface area contributed by atoms with Crippen molar-refractivity contribution in [3.63, 3.8) is 0 Å². The molecule has 3 aromatic rings. The largest absolute Gasteiger partial charge is 0.493 e. The average molecular weight is 628 g/mol. The minimum absolute atomic E-state index is 0.0252. The van der Waals surface area contributed by atoms with Crippen molar-refractivity contribution in [3.8, 4) is 11.5 Å². The molecule has 0 bridgehead atoms. The maximum Gasteiger partial charge on any atom is 0.264 e. The lowest BCUT2D eigenvalue weighted by molar-refractivity contribution is -0.140. The summed E-state index contributed by atoms with van der Waals surface area (Å²) in [6.07, 6.45) is 0.972. The van der Waals surface area contributed by atoms with Gasteiger partial charge in [0, 0.05) is 18.7 Å². The third-order valence-electron chi connectivity index (χ3n) is 7.37. The number of nitrogens with zero attached hydrogens (tertiary/aromatic N) is 2. The number of ether oxygens (including phenoxy) is 2. The molecule has 238 valence electrons. The number of amides is 2. The molecule has 0 heterocycles. The monoisotopic (exact) mass is 627 g/mol. The van der Waals surface area contributed by atoms with E-state index in [2.05, 4.69) is 5.32 Å². The summed E-state index contributed by atoms with van der Waals surface area (Å²) in [6, 6.07) is 14.1. The number of rotatable bonds is 14. The van der Waals surface area contributed by atoms with Crippen molar-refractivity contribution in [2.24, 2.45) is 0 Å². The summed E-state index contributed by atoms with van der Waals surface area (Å²) < 4.78 is 53.9. The molecule has 0 aromatic heterocycles. The van der Waals surface area contributed by atoms with Gasteiger partial charge in [0.1, 0.15) is 18.4 Å². The second kappa shape index (κ2) is 15.1. The van der Waals surface area contributed by atoms with Crippen molar-refractivity contribution >= 4 is 27.5 Å². The summed E-state index contributed by atoms with van der Waals surface area (Å²) >= 11 is 0. The van der Waals surface area contributed by atoms with Crippen LogP contribution in [0, 0.1) is 19.7 Å². The molecule has 9 nitrogen and oxygen atoms in total. The average Bonchev–Trinajstić information content (AvgIpc) is 2.99. The molecular formula is C33H42FN3O6S. The van der Waals surface area contributed by atoms with Crippen LogP contribution in [0.25, 0.3) is 0 Å². The number of methoxy groups -OCH3 is 2. The molecule has 0 aliphatic carbocycles. The van der Waals surface area contributed by atoms with E-state index >= 15 is 0 Å². The highest BCUT2D eigenvalue weighted by Gasteiger charge is 2.34. The van der Waals surface area contributed by atoms with Crippen molar-refractivity contribution in [3.05, 3.63) is 83.2 Å². The number of aryl methyl sites for hydroxylation is 2. The second-order valence-corrected chi connectivity index (χ2v) is 12.6. The molecule has 0 aliphatic rings. The normalized spacial score (nSPS) is 12.6. The molecule has 2 unspecified atom stereocenters. The zero-order valence-corrected chi connectivity index (χ0v) is 27.2. The Hall–Kier alpha value is -4.12. The van der Waals surface area contributed by atoms with E-state index in [1.807, 2.05) is 33.8 Å². The molecule has 0 saturated carbocycles. The lowest BCUT2D eigenvalue weighted by Crippen LogP contribution is -2.53. The number of anilines is 1. The Labute approximate surface area is 260 Å². The van der Waals surface area contributed by atoms with Gasteiger partial charge in [-0.2, -0.15) is 0 Å². The molecule has 0 fully saturated rings. The Morgan fingerprint density at radius 1 is 0.886 bits per heavy atom. The Kier molecular flexibility index (Phi) is 11.8.